The van der Waals surface area contributed by atoms with E-state index in [1.807, 2.05) is 19.3 Å². The third-order valence-electron chi connectivity index (χ3n) is 2.42. The van der Waals surface area contributed by atoms with E-state index in [9.17, 15) is 9.90 Å². The van der Waals surface area contributed by atoms with Crippen molar-refractivity contribution in [3.8, 4) is 5.75 Å². The van der Waals surface area contributed by atoms with Gasteiger partial charge < -0.3 is 10.4 Å². The molecule has 6 nitrogen and oxygen atoms in total. The van der Waals surface area contributed by atoms with Gasteiger partial charge in [-0.3, -0.25) is 14.5 Å². The topological polar surface area (TPSA) is 80.0 Å². The number of aromatic hydroxyl groups is 1. The summed E-state index contributed by atoms with van der Waals surface area (Å²) < 4.78 is 1.72. The molecule has 2 N–H and O–H groups in total. The monoisotopic (exact) mass is 246 g/mol. The first-order valence-electron chi connectivity index (χ1n) is 5.56. The van der Waals surface area contributed by atoms with Crippen molar-refractivity contribution in [2.45, 2.75) is 6.42 Å². The molecule has 6 heteroatoms. The van der Waals surface area contributed by atoms with E-state index in [2.05, 4.69) is 15.4 Å². The largest absolute Gasteiger partial charge is 0.506 e. The summed E-state index contributed by atoms with van der Waals surface area (Å²) in [5.74, 6) is -0.276. The average Bonchev–Trinajstić information content (AvgIpc) is 2.75. The van der Waals surface area contributed by atoms with Crippen LogP contribution in [0.15, 0.2) is 30.7 Å². The van der Waals surface area contributed by atoms with Gasteiger partial charge in [0.05, 0.1) is 17.5 Å². The van der Waals surface area contributed by atoms with Crippen LogP contribution < -0.4 is 5.32 Å². The number of aryl methyl sites for hydroxylation is 1. The fourth-order valence-electron chi connectivity index (χ4n) is 1.55. The van der Waals surface area contributed by atoms with Crippen molar-refractivity contribution in [3.63, 3.8) is 0 Å². The molecule has 0 spiro atoms. The standard InChI is InChI=1S/C12H14N4O2/c1-16-5-3-10(15-16)2-4-14-12(18)9-6-11(17)8-13-7-9/h3,5-8,17H,2,4H2,1H3,(H,14,18). The normalized spacial score (nSPS) is 10.3. The Kier molecular flexibility index (Phi) is 3.57. The Hall–Kier alpha value is -2.37. The number of hydrogen-bond acceptors (Lipinski definition) is 4. The molecule has 2 aromatic rings. The molecular weight excluding hydrogens is 232 g/mol. The van der Waals surface area contributed by atoms with Crippen molar-refractivity contribution in [2.75, 3.05) is 6.54 Å². The summed E-state index contributed by atoms with van der Waals surface area (Å²) in [6.07, 6.45) is 5.22. The SMILES string of the molecule is Cn1ccc(CCNC(=O)c2cncc(O)c2)n1. The maximum absolute atomic E-state index is 11.7. The zero-order valence-electron chi connectivity index (χ0n) is 10.00. The van der Waals surface area contributed by atoms with Gasteiger partial charge in [0.15, 0.2) is 0 Å². The number of aromatic nitrogens is 3. The lowest BCUT2D eigenvalue weighted by Crippen LogP contribution is -2.25. The smallest absolute Gasteiger partial charge is 0.252 e. The number of carbonyl (C=O) groups excluding carboxylic acids is 1. The Morgan fingerprint density at radius 3 is 3.00 bits per heavy atom. The first-order valence-corrected chi connectivity index (χ1v) is 5.56. The lowest BCUT2D eigenvalue weighted by atomic mass is 10.2. The number of amides is 1. The minimum Gasteiger partial charge on any atom is -0.506 e. The quantitative estimate of drug-likeness (QED) is 0.823. The van der Waals surface area contributed by atoms with Crippen LogP contribution in [0.5, 0.6) is 5.75 Å². The minimum absolute atomic E-state index is 0.0209. The summed E-state index contributed by atoms with van der Waals surface area (Å²) in [6.45, 7) is 0.492. The maximum Gasteiger partial charge on any atom is 0.252 e. The predicted molar refractivity (Wildman–Crippen MR) is 65.1 cm³/mol. The van der Waals surface area contributed by atoms with Crippen LogP contribution in [0.25, 0.3) is 0 Å². The highest BCUT2D eigenvalue weighted by atomic mass is 16.3. The third-order valence-corrected chi connectivity index (χ3v) is 2.42. The average molecular weight is 246 g/mol. The van der Waals surface area contributed by atoms with Crippen molar-refractivity contribution in [2.24, 2.45) is 7.05 Å². The van der Waals surface area contributed by atoms with Gasteiger partial charge in [-0.1, -0.05) is 0 Å². The molecule has 0 bridgehead atoms. The molecule has 1 amide bonds. The first kappa shape index (κ1) is 12.1. The van der Waals surface area contributed by atoms with Crippen LogP contribution in [0.4, 0.5) is 0 Å². The summed E-state index contributed by atoms with van der Waals surface area (Å²) >= 11 is 0. The Morgan fingerprint density at radius 1 is 1.50 bits per heavy atom. The zero-order chi connectivity index (χ0) is 13.0. The van der Waals surface area contributed by atoms with Crippen molar-refractivity contribution >= 4 is 5.91 Å². The number of nitrogens with one attached hydrogen (secondary N) is 1. The van der Waals surface area contributed by atoms with Gasteiger partial charge in [0, 0.05) is 32.4 Å². The van der Waals surface area contributed by atoms with E-state index < -0.39 is 0 Å². The number of carbonyl (C=O) groups is 1. The van der Waals surface area contributed by atoms with Gasteiger partial charge in [-0.2, -0.15) is 5.10 Å². The van der Waals surface area contributed by atoms with E-state index >= 15 is 0 Å². The van der Waals surface area contributed by atoms with Crippen molar-refractivity contribution < 1.29 is 9.90 Å². The summed E-state index contributed by atoms with van der Waals surface area (Å²) in [6, 6.07) is 3.28. The molecule has 0 aliphatic carbocycles. The van der Waals surface area contributed by atoms with Crippen LogP contribution in [0, 0.1) is 0 Å². The van der Waals surface area contributed by atoms with E-state index in [0.29, 0.717) is 18.5 Å². The molecule has 0 saturated carbocycles. The van der Waals surface area contributed by atoms with E-state index in [4.69, 9.17) is 0 Å². The van der Waals surface area contributed by atoms with E-state index in [-0.39, 0.29) is 11.7 Å². The molecule has 0 aliphatic rings. The molecule has 0 atom stereocenters. The summed E-state index contributed by atoms with van der Waals surface area (Å²) in [4.78, 5) is 15.5. The highest BCUT2D eigenvalue weighted by molar-refractivity contribution is 5.94. The molecule has 0 unspecified atom stereocenters. The highest BCUT2D eigenvalue weighted by Gasteiger charge is 2.06. The van der Waals surface area contributed by atoms with Crippen molar-refractivity contribution in [1.82, 2.24) is 20.1 Å². The van der Waals surface area contributed by atoms with Gasteiger partial charge >= 0.3 is 0 Å². The molecule has 0 fully saturated rings. The molecule has 94 valence electrons. The lowest BCUT2D eigenvalue weighted by molar-refractivity contribution is 0.0953. The van der Waals surface area contributed by atoms with Crippen LogP contribution in [-0.2, 0) is 13.5 Å². The predicted octanol–water partition coefficient (Wildman–Crippen LogP) is 0.493. The molecule has 18 heavy (non-hydrogen) atoms. The van der Waals surface area contributed by atoms with Gasteiger partial charge in [0.1, 0.15) is 5.75 Å². The maximum atomic E-state index is 11.7. The fourth-order valence-corrected chi connectivity index (χ4v) is 1.55. The number of hydrogen-bond donors (Lipinski definition) is 2. The molecule has 0 aromatic carbocycles. The van der Waals surface area contributed by atoms with Gasteiger partial charge in [-0.15, -0.1) is 0 Å². The van der Waals surface area contributed by atoms with Crippen LogP contribution >= 0.6 is 0 Å². The van der Waals surface area contributed by atoms with Crippen molar-refractivity contribution in [1.29, 1.82) is 0 Å². The van der Waals surface area contributed by atoms with Crippen LogP contribution in [0.1, 0.15) is 16.1 Å². The third kappa shape index (κ3) is 3.07. The second kappa shape index (κ2) is 5.31. The molecule has 0 aliphatic heterocycles. The number of nitrogens with zero attached hydrogens (tertiary/aromatic N) is 3. The Balaban J connectivity index is 1.85. The Bertz CT molecular complexity index is 551. The minimum atomic E-state index is -0.255. The van der Waals surface area contributed by atoms with E-state index in [1.165, 1.54) is 18.5 Å². The van der Waals surface area contributed by atoms with Crippen LogP contribution in [0.2, 0.25) is 0 Å². The van der Waals surface area contributed by atoms with Gasteiger partial charge in [0.2, 0.25) is 0 Å². The first-order chi connectivity index (χ1) is 8.65. The summed E-state index contributed by atoms with van der Waals surface area (Å²) in [5.41, 5.74) is 1.27. The number of pyridine rings is 1. The molecule has 2 heterocycles. The highest BCUT2D eigenvalue weighted by Crippen LogP contribution is 2.08. The van der Waals surface area contributed by atoms with E-state index in [0.717, 1.165) is 5.69 Å². The molecule has 0 saturated heterocycles. The fraction of sp³-hybridized carbons (Fsp3) is 0.250. The van der Waals surface area contributed by atoms with Crippen molar-refractivity contribution in [3.05, 3.63) is 42.0 Å². The van der Waals surface area contributed by atoms with Crippen LogP contribution in [-0.4, -0.2) is 32.3 Å². The second-order valence-corrected chi connectivity index (χ2v) is 3.92. The summed E-state index contributed by atoms with van der Waals surface area (Å²) in [7, 11) is 1.85. The zero-order valence-corrected chi connectivity index (χ0v) is 10.00. The molecule has 2 rings (SSSR count). The van der Waals surface area contributed by atoms with E-state index in [1.54, 1.807) is 4.68 Å². The molecular formula is C12H14N4O2. The second-order valence-electron chi connectivity index (χ2n) is 3.92. The van der Waals surface area contributed by atoms with Gasteiger partial charge in [-0.25, -0.2) is 0 Å². The van der Waals surface area contributed by atoms with Gasteiger partial charge in [-0.05, 0) is 12.1 Å². The van der Waals surface area contributed by atoms with Gasteiger partial charge in [0.25, 0.3) is 5.91 Å². The summed E-state index contributed by atoms with van der Waals surface area (Å²) in [5, 5.41) is 16.2. The number of rotatable bonds is 4. The molecule has 2 aromatic heterocycles. The van der Waals surface area contributed by atoms with Crippen LogP contribution in [0.3, 0.4) is 0 Å². The lowest BCUT2D eigenvalue weighted by Gasteiger charge is -2.03. The Morgan fingerprint density at radius 2 is 2.33 bits per heavy atom. The molecule has 0 radical (unpaired) electrons. The Labute approximate surface area is 104 Å².